The molecule has 2 aromatic heterocycles. The monoisotopic (exact) mass is 646 g/mol. The first-order chi connectivity index (χ1) is 21.9. The summed E-state index contributed by atoms with van der Waals surface area (Å²) in [6, 6.07) is 3.06. The fourth-order valence-corrected chi connectivity index (χ4v) is 4.82. The van der Waals surface area contributed by atoms with Gasteiger partial charge in [-0.05, 0) is 31.1 Å². The molecule has 3 atom stereocenters. The third kappa shape index (κ3) is 10.1. The zero-order chi connectivity index (χ0) is 33.5. The lowest BCUT2D eigenvalue weighted by Gasteiger charge is -2.24. The summed E-state index contributed by atoms with van der Waals surface area (Å²) in [4.78, 5) is 30.5. The number of rotatable bonds is 7. The van der Waals surface area contributed by atoms with Crippen LogP contribution in [0.4, 0.5) is 8.78 Å². The van der Waals surface area contributed by atoms with Crippen LogP contribution >= 0.6 is 11.8 Å². The summed E-state index contributed by atoms with van der Waals surface area (Å²) in [7, 11) is 2.84. The number of nitrogens with zero attached hydrogens (tertiary/aromatic N) is 2. The highest BCUT2D eigenvalue weighted by Crippen LogP contribution is 2.32. The Morgan fingerprint density at radius 3 is 2.40 bits per heavy atom. The number of ether oxygens (including phenoxy) is 2. The molecule has 1 saturated carbocycles. The Labute approximate surface area is 268 Å². The second kappa shape index (κ2) is 18.8. The fraction of sp³-hybridized carbons (Fsp3) is 0.469. The number of allylic oxidation sites excluding steroid dienone is 1. The van der Waals surface area contributed by atoms with E-state index in [0.29, 0.717) is 11.7 Å². The summed E-state index contributed by atoms with van der Waals surface area (Å²) < 4.78 is 39.1. The van der Waals surface area contributed by atoms with Crippen LogP contribution in [0.15, 0.2) is 53.4 Å². The highest BCUT2D eigenvalue weighted by Gasteiger charge is 2.30. The van der Waals surface area contributed by atoms with Crippen molar-refractivity contribution in [3.8, 4) is 23.4 Å². The third-order valence-electron chi connectivity index (χ3n) is 6.18. The van der Waals surface area contributed by atoms with Crippen LogP contribution in [0, 0.1) is 17.8 Å². The number of methoxy groups -OCH3 is 2. The topological polar surface area (TPSA) is 119 Å². The maximum Gasteiger partial charge on any atom is 0.261 e. The second-order valence-electron chi connectivity index (χ2n) is 8.90. The molecule has 1 amide bonds. The molecule has 5 rings (SSSR count). The standard InChI is InChI=1S/C26H26F2N6O4S.3C2H6/c1-37-15-7-8-34(23(35)9-15)21-11-16(17-10-19(24(27)28)29-13-20(17)38-2)18(12-30-21)25(36)31-26-33-32-22(39-26)6-5-14-3-4-14;3*1-2/h7-14,19,22,24,26,29,32-33H,3-4H2,1-2H3,(H,31,36);3*1-2H3. The molecule has 4 N–H and O–H groups in total. The van der Waals surface area contributed by atoms with E-state index >= 15 is 0 Å². The summed E-state index contributed by atoms with van der Waals surface area (Å²) in [5.41, 5.74) is 5.74. The van der Waals surface area contributed by atoms with E-state index < -0.39 is 29.4 Å². The number of alkyl halides is 2. The molecule has 2 aliphatic heterocycles. The lowest BCUT2D eigenvalue weighted by Crippen LogP contribution is -2.43. The van der Waals surface area contributed by atoms with Crippen LogP contribution in [0.2, 0.25) is 0 Å². The van der Waals surface area contributed by atoms with Gasteiger partial charge in [-0.2, -0.15) is 0 Å². The van der Waals surface area contributed by atoms with Crippen LogP contribution in [0.1, 0.15) is 70.3 Å². The van der Waals surface area contributed by atoms with Crippen molar-refractivity contribution in [3.63, 3.8) is 0 Å². The Balaban J connectivity index is 0.00000111. The minimum Gasteiger partial charge on any atom is -0.497 e. The minimum absolute atomic E-state index is 0.111. The SMILES string of the molecule is CC.CC.CC.COC1=CNC(C(F)F)C=C1c1cc(-n2ccc(OC)cc2=O)ncc1C(=O)NC1NNC(C#CC2CC2)S1. The van der Waals surface area contributed by atoms with Crippen LogP contribution in [0.3, 0.4) is 0 Å². The Morgan fingerprint density at radius 1 is 1.09 bits per heavy atom. The molecule has 45 heavy (non-hydrogen) atoms. The molecule has 10 nitrogen and oxygen atoms in total. The molecular formula is C32H44F2N6O4S. The van der Waals surface area contributed by atoms with Gasteiger partial charge >= 0.3 is 0 Å². The first kappa shape index (κ1) is 37.3. The van der Waals surface area contributed by atoms with E-state index in [-0.39, 0.29) is 33.7 Å². The summed E-state index contributed by atoms with van der Waals surface area (Å²) in [5.74, 6) is 7.07. The number of carbonyl (C=O) groups excluding carboxylic acids is 1. The zero-order valence-corrected chi connectivity index (χ0v) is 27.9. The molecule has 0 spiro atoms. The van der Waals surface area contributed by atoms with Crippen LogP contribution in [0.25, 0.3) is 11.4 Å². The summed E-state index contributed by atoms with van der Waals surface area (Å²) in [6.07, 6.45) is 4.92. The van der Waals surface area contributed by atoms with Crippen molar-refractivity contribution < 1.29 is 23.0 Å². The number of hydrogen-bond acceptors (Lipinski definition) is 9. The third-order valence-corrected chi connectivity index (χ3v) is 7.20. The van der Waals surface area contributed by atoms with E-state index in [1.807, 2.05) is 41.5 Å². The predicted molar refractivity (Wildman–Crippen MR) is 176 cm³/mol. The van der Waals surface area contributed by atoms with Crippen molar-refractivity contribution in [2.45, 2.75) is 77.7 Å². The number of carbonyl (C=O) groups is 1. The predicted octanol–water partition coefficient (Wildman–Crippen LogP) is 5.02. The van der Waals surface area contributed by atoms with Crippen LogP contribution in [-0.4, -0.2) is 53.0 Å². The quantitative estimate of drug-likeness (QED) is 0.308. The Morgan fingerprint density at radius 2 is 1.80 bits per heavy atom. The van der Waals surface area contributed by atoms with Gasteiger partial charge in [0.15, 0.2) is 0 Å². The first-order valence-corrected chi connectivity index (χ1v) is 16.1. The number of pyridine rings is 2. The normalized spacial score (nSPS) is 19.7. The number of dihydropyridines is 1. The Bertz CT molecular complexity index is 1450. The highest BCUT2D eigenvalue weighted by molar-refractivity contribution is 8.00. The van der Waals surface area contributed by atoms with E-state index in [1.165, 1.54) is 67.4 Å². The number of halogens is 2. The second-order valence-corrected chi connectivity index (χ2v) is 10.1. The summed E-state index contributed by atoms with van der Waals surface area (Å²) in [6.45, 7) is 12.0. The summed E-state index contributed by atoms with van der Waals surface area (Å²) in [5, 5.41) is 5.26. The molecule has 0 bridgehead atoms. The average molecular weight is 647 g/mol. The van der Waals surface area contributed by atoms with Gasteiger partial charge in [-0.1, -0.05) is 65.1 Å². The average Bonchev–Trinajstić information content (AvgIpc) is 3.82. The van der Waals surface area contributed by atoms with E-state index in [9.17, 15) is 18.4 Å². The maximum absolute atomic E-state index is 13.6. The lowest BCUT2D eigenvalue weighted by atomic mass is 9.95. The Kier molecular flexibility index (Phi) is 15.6. The van der Waals surface area contributed by atoms with Crippen molar-refractivity contribution in [2.24, 2.45) is 5.92 Å². The molecular weight excluding hydrogens is 602 g/mol. The molecule has 4 heterocycles. The molecule has 2 fully saturated rings. The van der Waals surface area contributed by atoms with E-state index in [2.05, 4.69) is 38.3 Å². The first-order valence-electron chi connectivity index (χ1n) is 15.1. The van der Waals surface area contributed by atoms with Crippen molar-refractivity contribution in [3.05, 3.63) is 70.1 Å². The van der Waals surface area contributed by atoms with Gasteiger partial charge in [-0.15, -0.1) is 0 Å². The van der Waals surface area contributed by atoms with Gasteiger partial charge in [-0.25, -0.2) is 24.6 Å². The van der Waals surface area contributed by atoms with Crippen molar-refractivity contribution >= 4 is 23.2 Å². The number of hydrogen-bond donors (Lipinski definition) is 4. The van der Waals surface area contributed by atoms with Gasteiger partial charge in [0.1, 0.15) is 34.2 Å². The zero-order valence-electron chi connectivity index (χ0n) is 27.0. The number of nitrogens with one attached hydrogen (secondary N) is 4. The van der Waals surface area contributed by atoms with Gasteiger partial charge < -0.3 is 20.1 Å². The van der Waals surface area contributed by atoms with Crippen LogP contribution in [0.5, 0.6) is 5.75 Å². The van der Waals surface area contributed by atoms with Crippen molar-refractivity contribution in [2.75, 3.05) is 14.2 Å². The van der Waals surface area contributed by atoms with Crippen molar-refractivity contribution in [1.29, 1.82) is 0 Å². The smallest absolute Gasteiger partial charge is 0.261 e. The molecule has 13 heteroatoms. The number of hydrazine groups is 1. The molecule has 3 unspecified atom stereocenters. The van der Waals surface area contributed by atoms with Crippen LogP contribution in [-0.2, 0) is 4.74 Å². The lowest BCUT2D eigenvalue weighted by molar-refractivity contribution is 0.0944. The van der Waals surface area contributed by atoms with Gasteiger partial charge in [0, 0.05) is 41.7 Å². The molecule has 0 aromatic carbocycles. The highest BCUT2D eigenvalue weighted by atomic mass is 32.2. The molecule has 1 saturated heterocycles. The Hall–Kier alpha value is -3.86. The maximum atomic E-state index is 13.6. The van der Waals surface area contributed by atoms with Gasteiger partial charge in [0.25, 0.3) is 17.9 Å². The fourth-order valence-electron chi connectivity index (χ4n) is 3.97. The van der Waals surface area contributed by atoms with E-state index in [4.69, 9.17) is 9.47 Å². The largest absolute Gasteiger partial charge is 0.497 e. The molecule has 0 radical (unpaired) electrons. The summed E-state index contributed by atoms with van der Waals surface area (Å²) >= 11 is 1.39. The van der Waals surface area contributed by atoms with Crippen molar-refractivity contribution in [1.82, 2.24) is 31.0 Å². The van der Waals surface area contributed by atoms with Gasteiger partial charge in [0.2, 0.25) is 0 Å². The van der Waals surface area contributed by atoms with E-state index in [0.717, 1.165) is 12.8 Å². The molecule has 246 valence electrons. The number of aromatic nitrogens is 2. The number of thioether (sulfide) groups is 1. The van der Waals surface area contributed by atoms with Crippen LogP contribution < -0.4 is 31.8 Å². The molecule has 2 aromatic rings. The number of amides is 1. The minimum atomic E-state index is -2.71. The molecule has 3 aliphatic rings. The van der Waals surface area contributed by atoms with E-state index in [1.54, 1.807) is 6.07 Å². The molecule has 1 aliphatic carbocycles. The van der Waals surface area contributed by atoms with Gasteiger partial charge in [0.05, 0.1) is 19.8 Å². The van der Waals surface area contributed by atoms with Gasteiger partial charge in [-0.3, -0.25) is 14.2 Å².